The summed E-state index contributed by atoms with van der Waals surface area (Å²) in [6.45, 7) is 5.54. The van der Waals surface area contributed by atoms with Gasteiger partial charge in [-0.1, -0.05) is 29.5 Å². The van der Waals surface area contributed by atoms with Gasteiger partial charge in [-0.2, -0.15) is 0 Å². The third kappa shape index (κ3) is 4.92. The minimum absolute atomic E-state index is 0. The molecule has 2 aromatic carbocycles. The molecular formula is C23H28ClN3O4S. The summed E-state index contributed by atoms with van der Waals surface area (Å²) in [6, 6.07) is 13.3. The average Bonchev–Trinajstić information content (AvgIpc) is 3.18. The van der Waals surface area contributed by atoms with Crippen molar-refractivity contribution in [2.45, 2.75) is 26.1 Å². The number of ether oxygens (including phenoxy) is 3. The number of carbonyl (C=O) groups excluding carboxylic acids is 1. The van der Waals surface area contributed by atoms with Crippen LogP contribution >= 0.6 is 23.7 Å². The fraction of sp³-hybridized carbons (Fsp3) is 0.391. The van der Waals surface area contributed by atoms with Crippen LogP contribution in [0, 0.1) is 0 Å². The van der Waals surface area contributed by atoms with Crippen molar-refractivity contribution in [3.63, 3.8) is 0 Å². The molecule has 3 aromatic rings. The molecule has 1 aromatic heterocycles. The Morgan fingerprint density at radius 1 is 1.09 bits per heavy atom. The molecule has 32 heavy (non-hydrogen) atoms. The predicted octanol–water partition coefficient (Wildman–Crippen LogP) is 4.24. The maximum atomic E-state index is 13.7. The van der Waals surface area contributed by atoms with Crippen molar-refractivity contribution in [3.05, 3.63) is 42.5 Å². The molecule has 0 spiro atoms. The van der Waals surface area contributed by atoms with Crippen molar-refractivity contribution < 1.29 is 19.0 Å². The fourth-order valence-electron chi connectivity index (χ4n) is 3.44. The molecule has 0 saturated carbocycles. The van der Waals surface area contributed by atoms with Crippen LogP contribution in [0.4, 0.5) is 5.13 Å². The van der Waals surface area contributed by atoms with E-state index < -0.39 is 12.2 Å². The lowest BCUT2D eigenvalue weighted by Crippen LogP contribution is -2.52. The number of benzene rings is 2. The van der Waals surface area contributed by atoms with E-state index >= 15 is 0 Å². The Bertz CT molecular complexity index is 1070. The standard InChI is InChI=1S/C23H27N3O4S.ClH/c1-5-28-18-11-8-12-19-20(18)24-23(31-19)26(14-13-25(3)4)22(27)21-15(2)29-16-9-6-7-10-17(16)30-21;/h6-12,15,21H,5,13-14H2,1-4H3;1H. The van der Waals surface area contributed by atoms with Crippen molar-refractivity contribution in [2.75, 3.05) is 38.7 Å². The Hall–Kier alpha value is -2.55. The smallest absolute Gasteiger partial charge is 0.273 e. The zero-order valence-electron chi connectivity index (χ0n) is 18.6. The van der Waals surface area contributed by atoms with Crippen molar-refractivity contribution in [1.29, 1.82) is 0 Å². The lowest BCUT2D eigenvalue weighted by atomic mass is 10.1. The van der Waals surface area contributed by atoms with E-state index in [1.165, 1.54) is 11.3 Å². The van der Waals surface area contributed by atoms with Gasteiger partial charge < -0.3 is 19.1 Å². The number of hydrogen-bond donors (Lipinski definition) is 0. The Morgan fingerprint density at radius 3 is 2.50 bits per heavy atom. The van der Waals surface area contributed by atoms with Crippen LogP contribution in [0.5, 0.6) is 17.2 Å². The summed E-state index contributed by atoms with van der Waals surface area (Å²) in [5.74, 6) is 1.79. The molecule has 1 aliphatic heterocycles. The molecular weight excluding hydrogens is 450 g/mol. The summed E-state index contributed by atoms with van der Waals surface area (Å²) in [5, 5.41) is 0.628. The van der Waals surface area contributed by atoms with Gasteiger partial charge in [0.1, 0.15) is 17.4 Å². The quantitative estimate of drug-likeness (QED) is 0.507. The minimum Gasteiger partial charge on any atom is -0.492 e. The molecule has 0 bridgehead atoms. The van der Waals surface area contributed by atoms with Gasteiger partial charge in [-0.25, -0.2) is 4.98 Å². The monoisotopic (exact) mass is 477 g/mol. The van der Waals surface area contributed by atoms with Crippen LogP contribution in [-0.4, -0.2) is 61.8 Å². The van der Waals surface area contributed by atoms with Crippen LogP contribution in [0.2, 0.25) is 0 Å². The summed E-state index contributed by atoms with van der Waals surface area (Å²) in [7, 11) is 3.96. The summed E-state index contributed by atoms with van der Waals surface area (Å²) >= 11 is 1.48. The molecule has 1 amide bonds. The van der Waals surface area contributed by atoms with Gasteiger partial charge in [0.25, 0.3) is 5.91 Å². The Labute approximate surface area is 198 Å². The molecule has 9 heteroatoms. The molecule has 2 atom stereocenters. The average molecular weight is 478 g/mol. The van der Waals surface area contributed by atoms with Gasteiger partial charge in [0.15, 0.2) is 16.6 Å². The third-order valence-electron chi connectivity index (χ3n) is 5.02. The van der Waals surface area contributed by atoms with Crippen LogP contribution in [0.3, 0.4) is 0 Å². The van der Waals surface area contributed by atoms with Crippen LogP contribution in [0.25, 0.3) is 10.2 Å². The second kappa shape index (κ2) is 10.4. The lowest BCUT2D eigenvalue weighted by Gasteiger charge is -2.34. The second-order valence-electron chi connectivity index (χ2n) is 7.63. The van der Waals surface area contributed by atoms with E-state index in [0.717, 1.165) is 16.0 Å². The summed E-state index contributed by atoms with van der Waals surface area (Å²) in [5.41, 5.74) is 0.770. The van der Waals surface area contributed by atoms with Crippen LogP contribution in [0.1, 0.15) is 13.8 Å². The third-order valence-corrected chi connectivity index (χ3v) is 6.07. The number of rotatable bonds is 7. The first-order chi connectivity index (χ1) is 15.0. The van der Waals surface area contributed by atoms with E-state index in [4.69, 9.17) is 19.2 Å². The molecule has 0 saturated heterocycles. The summed E-state index contributed by atoms with van der Waals surface area (Å²) < 4.78 is 18.7. The first-order valence-electron chi connectivity index (χ1n) is 10.4. The number of likely N-dealkylation sites (N-methyl/N-ethyl adjacent to an activating group) is 1. The second-order valence-corrected chi connectivity index (χ2v) is 8.64. The predicted molar refractivity (Wildman–Crippen MR) is 130 cm³/mol. The number of amides is 1. The summed E-state index contributed by atoms with van der Waals surface area (Å²) in [4.78, 5) is 22.2. The first kappa shape index (κ1) is 24.1. The molecule has 4 rings (SSSR count). The largest absolute Gasteiger partial charge is 0.492 e. The van der Waals surface area contributed by atoms with Crippen LogP contribution < -0.4 is 19.1 Å². The van der Waals surface area contributed by atoms with Crippen molar-refractivity contribution in [2.24, 2.45) is 0 Å². The normalized spacial score (nSPS) is 17.2. The van der Waals surface area contributed by atoms with E-state index in [1.54, 1.807) is 4.90 Å². The van der Waals surface area contributed by atoms with Crippen molar-refractivity contribution in [1.82, 2.24) is 9.88 Å². The van der Waals surface area contributed by atoms with E-state index in [2.05, 4.69) is 0 Å². The minimum atomic E-state index is -0.754. The van der Waals surface area contributed by atoms with Crippen LogP contribution in [0.15, 0.2) is 42.5 Å². The number of halogens is 1. The topological polar surface area (TPSA) is 64.1 Å². The number of carbonyl (C=O) groups is 1. The number of aromatic nitrogens is 1. The highest BCUT2D eigenvalue weighted by Gasteiger charge is 2.38. The van der Waals surface area contributed by atoms with Gasteiger partial charge in [0.2, 0.25) is 6.10 Å². The maximum Gasteiger partial charge on any atom is 0.273 e. The number of fused-ring (bicyclic) bond motifs is 2. The highest BCUT2D eigenvalue weighted by Crippen LogP contribution is 2.37. The van der Waals surface area contributed by atoms with E-state index in [-0.39, 0.29) is 18.3 Å². The molecule has 0 aliphatic carbocycles. The number of para-hydroxylation sites is 3. The Balaban J connectivity index is 0.00000289. The van der Waals surface area contributed by atoms with E-state index in [9.17, 15) is 4.79 Å². The molecule has 2 heterocycles. The van der Waals surface area contributed by atoms with Gasteiger partial charge in [-0.3, -0.25) is 9.69 Å². The molecule has 0 N–H and O–H groups in total. The fourth-order valence-corrected chi connectivity index (χ4v) is 4.46. The highest BCUT2D eigenvalue weighted by atomic mass is 35.5. The number of nitrogens with zero attached hydrogens (tertiary/aromatic N) is 3. The molecule has 172 valence electrons. The zero-order valence-corrected chi connectivity index (χ0v) is 20.2. The molecule has 7 nitrogen and oxygen atoms in total. The van der Waals surface area contributed by atoms with Crippen molar-refractivity contribution >= 4 is 45.0 Å². The maximum absolute atomic E-state index is 13.7. The number of hydrogen-bond acceptors (Lipinski definition) is 7. The van der Waals surface area contributed by atoms with Gasteiger partial charge >= 0.3 is 0 Å². The molecule has 0 radical (unpaired) electrons. The van der Waals surface area contributed by atoms with E-state index in [0.29, 0.717) is 36.3 Å². The van der Waals surface area contributed by atoms with Gasteiger partial charge in [-0.05, 0) is 52.2 Å². The Kier molecular flexibility index (Phi) is 7.82. The molecule has 0 fully saturated rings. The number of thiazole rings is 1. The first-order valence-corrected chi connectivity index (χ1v) is 11.2. The van der Waals surface area contributed by atoms with Gasteiger partial charge in [0.05, 0.1) is 11.3 Å². The zero-order chi connectivity index (χ0) is 22.0. The van der Waals surface area contributed by atoms with Gasteiger partial charge in [-0.15, -0.1) is 12.4 Å². The Morgan fingerprint density at radius 2 is 1.81 bits per heavy atom. The summed E-state index contributed by atoms with van der Waals surface area (Å²) in [6.07, 6.45) is -1.17. The lowest BCUT2D eigenvalue weighted by molar-refractivity contribution is -0.130. The highest BCUT2D eigenvalue weighted by molar-refractivity contribution is 7.22. The molecule has 2 unspecified atom stereocenters. The van der Waals surface area contributed by atoms with E-state index in [1.807, 2.05) is 75.3 Å². The van der Waals surface area contributed by atoms with Gasteiger partial charge in [0, 0.05) is 13.1 Å². The molecule has 1 aliphatic rings. The number of anilines is 1. The van der Waals surface area contributed by atoms with Crippen LogP contribution in [-0.2, 0) is 4.79 Å². The SMILES string of the molecule is CCOc1cccc2sc(N(CCN(C)C)C(=O)C3Oc4ccccc4OC3C)nc12.Cl. The van der Waals surface area contributed by atoms with Crippen molar-refractivity contribution in [3.8, 4) is 17.2 Å².